The average molecular weight is 736 g/mol. The van der Waals surface area contributed by atoms with Gasteiger partial charge in [0, 0.05) is 14.2 Å². The van der Waals surface area contributed by atoms with Gasteiger partial charge in [0.05, 0.1) is 22.3 Å². The summed E-state index contributed by atoms with van der Waals surface area (Å²) in [6, 6.07) is 0. The van der Waals surface area contributed by atoms with Crippen LogP contribution in [0.15, 0.2) is 0 Å². The second-order valence-corrected chi connectivity index (χ2v) is 8.92. The summed E-state index contributed by atoms with van der Waals surface area (Å²) >= 11 is 0. The van der Waals surface area contributed by atoms with Gasteiger partial charge in [-0.05, 0) is 0 Å². The summed E-state index contributed by atoms with van der Waals surface area (Å²) in [6.45, 7) is 0. The topological polar surface area (TPSA) is 36.9 Å². The number of halogens is 18. The van der Waals surface area contributed by atoms with Crippen molar-refractivity contribution in [1.82, 2.24) is 0 Å². The van der Waals surface area contributed by atoms with Gasteiger partial charge in [0.15, 0.2) is 81.3 Å². The van der Waals surface area contributed by atoms with Crippen LogP contribution in [0.3, 0.4) is 0 Å². The molecule has 4 aromatic carbocycles. The van der Waals surface area contributed by atoms with Crippen molar-refractivity contribution in [3.05, 3.63) is 105 Å². The van der Waals surface area contributed by atoms with E-state index in [9.17, 15) is 70.2 Å². The van der Waals surface area contributed by atoms with Crippen molar-refractivity contribution in [1.29, 1.82) is 0 Å². The van der Waals surface area contributed by atoms with Crippen LogP contribution in [0.5, 0.6) is 11.5 Å². The van der Waals surface area contributed by atoms with Gasteiger partial charge in [0.1, 0.15) is 0 Å². The van der Waals surface area contributed by atoms with Gasteiger partial charge in [0.2, 0.25) is 34.9 Å². The SMILES string of the molecule is COC(OC)(Oc1c(F)c(F)c(F)c(F)c1-c1c(F)c(F)c(F)c(F)c1F)Oc1c(F)c(F)c(F)c(F)c1-c1c(F)c(F)c(F)c(F)c1F. The molecule has 4 aromatic rings. The maximum Gasteiger partial charge on any atom is 0.509 e. The summed E-state index contributed by atoms with van der Waals surface area (Å²) in [6.07, 6.45) is -4.28. The lowest BCUT2D eigenvalue weighted by Crippen LogP contribution is -2.47. The third-order valence-corrected chi connectivity index (χ3v) is 6.32. The highest BCUT2D eigenvalue weighted by Gasteiger charge is 2.46. The van der Waals surface area contributed by atoms with E-state index in [2.05, 4.69) is 18.9 Å². The molecule has 4 nitrogen and oxygen atoms in total. The van der Waals surface area contributed by atoms with Gasteiger partial charge < -0.3 is 9.47 Å². The summed E-state index contributed by atoms with van der Waals surface area (Å²) in [5, 5.41) is 0. The molecule has 22 heteroatoms. The van der Waals surface area contributed by atoms with E-state index in [0.29, 0.717) is 0 Å². The van der Waals surface area contributed by atoms with E-state index in [4.69, 9.17) is 0 Å². The van der Waals surface area contributed by atoms with Gasteiger partial charge in [-0.25, -0.2) is 70.2 Å². The Morgan fingerprint density at radius 2 is 0.449 bits per heavy atom. The molecule has 264 valence electrons. The molecule has 0 heterocycles. The molecule has 0 unspecified atom stereocenters. The van der Waals surface area contributed by atoms with Crippen LogP contribution in [0, 0.1) is 105 Å². The molecule has 0 saturated carbocycles. The molecule has 0 radical (unpaired) electrons. The number of rotatable bonds is 8. The van der Waals surface area contributed by atoms with Crippen LogP contribution in [-0.2, 0) is 9.47 Å². The van der Waals surface area contributed by atoms with Gasteiger partial charge in [0.25, 0.3) is 0 Å². The zero-order valence-corrected chi connectivity index (χ0v) is 22.9. The number of benzene rings is 4. The number of ether oxygens (including phenoxy) is 4. The largest absolute Gasteiger partial charge is 0.509 e. The molecule has 0 bridgehead atoms. The Labute approximate surface area is 257 Å². The summed E-state index contributed by atoms with van der Waals surface area (Å²) < 4.78 is 277. The van der Waals surface area contributed by atoms with Gasteiger partial charge in [-0.3, -0.25) is 9.47 Å². The molecular formula is C27H6F18O4. The monoisotopic (exact) mass is 736 g/mol. The summed E-state index contributed by atoms with van der Waals surface area (Å²) in [7, 11) is 0.365. The molecule has 0 aromatic heterocycles. The predicted octanol–water partition coefficient (Wildman–Crippen LogP) is 8.89. The Kier molecular flexibility index (Phi) is 9.71. The first kappa shape index (κ1) is 37.0. The predicted molar refractivity (Wildman–Crippen MR) is 121 cm³/mol. The van der Waals surface area contributed by atoms with E-state index < -0.39 is 145 Å². The molecule has 0 atom stereocenters. The fraction of sp³-hybridized carbons (Fsp3) is 0.111. The van der Waals surface area contributed by atoms with E-state index in [1.54, 1.807) is 0 Å². The van der Waals surface area contributed by atoms with Crippen LogP contribution >= 0.6 is 0 Å². The minimum Gasteiger partial charge on any atom is -0.403 e. The highest BCUT2D eigenvalue weighted by molar-refractivity contribution is 5.74. The minimum absolute atomic E-state index is 0.182. The highest BCUT2D eigenvalue weighted by atomic mass is 19.2. The quantitative estimate of drug-likeness (QED) is 0.0785. The normalized spacial score (nSPS) is 11.8. The molecular weight excluding hydrogens is 730 g/mol. The van der Waals surface area contributed by atoms with Gasteiger partial charge in [-0.1, -0.05) is 0 Å². The highest BCUT2D eigenvalue weighted by Crippen LogP contribution is 2.47. The lowest BCUT2D eigenvalue weighted by atomic mass is 10.0. The Morgan fingerprint density at radius 1 is 0.265 bits per heavy atom. The van der Waals surface area contributed by atoms with Crippen LogP contribution < -0.4 is 9.47 Å². The molecule has 0 amide bonds. The van der Waals surface area contributed by atoms with Crippen LogP contribution in [-0.4, -0.2) is 20.4 Å². The third kappa shape index (κ3) is 5.51. The van der Waals surface area contributed by atoms with Crippen LogP contribution in [0.1, 0.15) is 0 Å². The van der Waals surface area contributed by atoms with Gasteiger partial charge in [-0.15, -0.1) is 0 Å². The second-order valence-electron chi connectivity index (χ2n) is 8.92. The first-order valence-electron chi connectivity index (χ1n) is 11.9. The third-order valence-electron chi connectivity index (χ3n) is 6.32. The Hall–Kier alpha value is -4.86. The van der Waals surface area contributed by atoms with Crippen molar-refractivity contribution < 1.29 is 98.0 Å². The van der Waals surface area contributed by atoms with Crippen molar-refractivity contribution in [3.8, 4) is 33.8 Å². The lowest BCUT2D eigenvalue weighted by molar-refractivity contribution is -0.424. The second kappa shape index (κ2) is 12.9. The Morgan fingerprint density at radius 3 is 0.673 bits per heavy atom. The molecule has 0 aliphatic heterocycles. The smallest absolute Gasteiger partial charge is 0.403 e. The average Bonchev–Trinajstić information content (AvgIpc) is 3.09. The van der Waals surface area contributed by atoms with E-state index >= 15 is 8.78 Å². The molecule has 0 spiro atoms. The molecule has 4 rings (SSSR count). The van der Waals surface area contributed by atoms with Crippen molar-refractivity contribution in [3.63, 3.8) is 0 Å². The number of hydrogen-bond donors (Lipinski definition) is 0. The van der Waals surface area contributed by atoms with E-state index in [1.165, 1.54) is 0 Å². The van der Waals surface area contributed by atoms with Crippen molar-refractivity contribution in [2.24, 2.45) is 0 Å². The molecule has 0 fully saturated rings. The maximum atomic E-state index is 15.1. The van der Waals surface area contributed by atoms with Crippen LogP contribution in [0.25, 0.3) is 22.3 Å². The fourth-order valence-electron chi connectivity index (χ4n) is 4.03. The number of methoxy groups -OCH3 is 2. The molecule has 0 N–H and O–H groups in total. The van der Waals surface area contributed by atoms with Gasteiger partial charge >= 0.3 is 6.16 Å². The van der Waals surface area contributed by atoms with Crippen molar-refractivity contribution in [2.45, 2.75) is 6.16 Å². The minimum atomic E-state index is -4.28. The zero-order chi connectivity index (χ0) is 37.2. The molecule has 49 heavy (non-hydrogen) atoms. The lowest BCUT2D eigenvalue weighted by Gasteiger charge is -2.32. The van der Waals surface area contributed by atoms with E-state index in [1.807, 2.05) is 0 Å². The van der Waals surface area contributed by atoms with Crippen LogP contribution in [0.2, 0.25) is 0 Å². The molecule has 0 aliphatic carbocycles. The van der Waals surface area contributed by atoms with E-state index in [0.717, 1.165) is 0 Å². The van der Waals surface area contributed by atoms with Crippen molar-refractivity contribution in [2.75, 3.05) is 14.2 Å². The molecule has 0 aliphatic rings. The fourth-order valence-corrected chi connectivity index (χ4v) is 4.03. The Balaban J connectivity index is 2.10. The van der Waals surface area contributed by atoms with Crippen molar-refractivity contribution >= 4 is 0 Å². The summed E-state index contributed by atoms with van der Waals surface area (Å²) in [5.41, 5.74) is -10.4. The summed E-state index contributed by atoms with van der Waals surface area (Å²) in [4.78, 5) is 0. The molecule has 0 saturated heterocycles. The standard InChI is InChI=1S/C27H6F18O4/c1-46-27(47-2,48-25-5(11(32)17(38)21(42)23(25)44)3-7(28)13(34)19(40)14(35)8(3)29)49-26-6(12(33)18(39)22(43)24(26)45)4-9(30)15(36)20(41)16(37)10(4)31/h1-2H3. The van der Waals surface area contributed by atoms with Crippen LogP contribution in [0.4, 0.5) is 79.0 Å². The zero-order valence-electron chi connectivity index (χ0n) is 22.9. The first-order valence-corrected chi connectivity index (χ1v) is 11.9. The maximum absolute atomic E-state index is 15.1. The first-order chi connectivity index (χ1) is 22.7. The Bertz CT molecular complexity index is 1850. The van der Waals surface area contributed by atoms with E-state index in [-0.39, 0.29) is 14.2 Å². The number of hydrogen-bond acceptors (Lipinski definition) is 4. The van der Waals surface area contributed by atoms with Gasteiger partial charge in [-0.2, -0.15) is 8.78 Å². The summed E-state index contributed by atoms with van der Waals surface area (Å²) in [5.74, 6) is -59.0.